The number of amides is 1. The zero-order valence-corrected chi connectivity index (χ0v) is 17.6. The van der Waals surface area contributed by atoms with Gasteiger partial charge >= 0.3 is 0 Å². The number of sulfonamides is 1. The average molecular weight is 452 g/mol. The van der Waals surface area contributed by atoms with E-state index in [1.807, 2.05) is 37.3 Å². The summed E-state index contributed by atoms with van der Waals surface area (Å²) >= 11 is 3.32. The van der Waals surface area contributed by atoms with Crippen LogP contribution >= 0.6 is 15.9 Å². The highest BCUT2D eigenvalue weighted by Gasteiger charge is 2.22. The first-order valence-electron chi connectivity index (χ1n) is 8.35. The Morgan fingerprint density at radius 1 is 1.11 bits per heavy atom. The van der Waals surface area contributed by atoms with Gasteiger partial charge in [0.25, 0.3) is 5.91 Å². The van der Waals surface area contributed by atoms with Crippen molar-refractivity contribution in [2.75, 3.05) is 17.1 Å². The van der Waals surface area contributed by atoms with Crippen molar-refractivity contribution in [3.8, 4) is 0 Å². The Hall–Kier alpha value is -2.19. The second-order valence-electron chi connectivity index (χ2n) is 6.09. The SMILES string of the molecule is C/C(CCc1ccccc1)=N\NC(=O)CN(c1ccccc1Br)S(C)(=O)=O. The van der Waals surface area contributed by atoms with Gasteiger partial charge in [-0.3, -0.25) is 9.10 Å². The molecule has 0 atom stereocenters. The highest BCUT2D eigenvalue weighted by molar-refractivity contribution is 9.10. The number of benzene rings is 2. The Balaban J connectivity index is 1.98. The summed E-state index contributed by atoms with van der Waals surface area (Å²) in [5.74, 6) is -0.504. The van der Waals surface area contributed by atoms with Gasteiger partial charge in [0.15, 0.2) is 0 Å². The lowest BCUT2D eigenvalue weighted by atomic mass is 10.1. The number of anilines is 1. The maximum Gasteiger partial charge on any atom is 0.260 e. The molecule has 0 unspecified atom stereocenters. The predicted molar refractivity (Wildman–Crippen MR) is 112 cm³/mol. The van der Waals surface area contributed by atoms with Gasteiger partial charge in [-0.15, -0.1) is 0 Å². The summed E-state index contributed by atoms with van der Waals surface area (Å²) in [7, 11) is -3.63. The number of carbonyl (C=O) groups excluding carboxylic acids is 1. The van der Waals surface area contributed by atoms with E-state index in [1.165, 1.54) is 5.56 Å². The fourth-order valence-electron chi connectivity index (χ4n) is 2.38. The van der Waals surface area contributed by atoms with E-state index in [1.54, 1.807) is 24.3 Å². The van der Waals surface area contributed by atoms with E-state index in [-0.39, 0.29) is 6.54 Å². The lowest BCUT2D eigenvalue weighted by molar-refractivity contribution is -0.119. The van der Waals surface area contributed by atoms with Gasteiger partial charge in [0, 0.05) is 10.2 Å². The summed E-state index contributed by atoms with van der Waals surface area (Å²) in [6.45, 7) is 1.47. The van der Waals surface area contributed by atoms with Crippen molar-refractivity contribution in [2.24, 2.45) is 5.10 Å². The van der Waals surface area contributed by atoms with E-state index < -0.39 is 15.9 Å². The molecule has 8 heteroatoms. The fraction of sp³-hybridized carbons (Fsp3) is 0.263. The normalized spacial score (nSPS) is 11.9. The number of para-hydroxylation sites is 1. The molecule has 0 fully saturated rings. The van der Waals surface area contributed by atoms with Crippen LogP contribution in [0, 0.1) is 0 Å². The van der Waals surface area contributed by atoms with E-state index in [2.05, 4.69) is 26.5 Å². The maximum absolute atomic E-state index is 12.2. The van der Waals surface area contributed by atoms with Gasteiger partial charge in [0.05, 0.1) is 11.9 Å². The van der Waals surface area contributed by atoms with E-state index in [0.717, 1.165) is 22.7 Å². The zero-order chi connectivity index (χ0) is 19.9. The topological polar surface area (TPSA) is 78.8 Å². The van der Waals surface area contributed by atoms with Crippen LogP contribution in [0.2, 0.25) is 0 Å². The van der Waals surface area contributed by atoms with Gasteiger partial charge in [-0.25, -0.2) is 13.8 Å². The molecule has 2 rings (SSSR count). The predicted octanol–water partition coefficient (Wildman–Crippen LogP) is 3.34. The lowest BCUT2D eigenvalue weighted by Gasteiger charge is -2.22. The lowest BCUT2D eigenvalue weighted by Crippen LogP contribution is -2.39. The monoisotopic (exact) mass is 451 g/mol. The van der Waals surface area contributed by atoms with E-state index in [9.17, 15) is 13.2 Å². The summed E-state index contributed by atoms with van der Waals surface area (Å²) in [5.41, 5.74) is 4.79. The van der Waals surface area contributed by atoms with Crippen molar-refractivity contribution in [3.05, 3.63) is 64.6 Å². The van der Waals surface area contributed by atoms with Gasteiger partial charge < -0.3 is 0 Å². The van der Waals surface area contributed by atoms with E-state index in [0.29, 0.717) is 16.6 Å². The molecule has 0 spiro atoms. The third-order valence-corrected chi connectivity index (χ3v) is 5.60. The molecule has 0 bridgehead atoms. The second-order valence-corrected chi connectivity index (χ2v) is 8.85. The number of nitrogens with zero attached hydrogens (tertiary/aromatic N) is 2. The first-order chi connectivity index (χ1) is 12.8. The van der Waals surface area contributed by atoms with Crippen LogP contribution in [-0.4, -0.2) is 32.8 Å². The molecule has 0 aliphatic carbocycles. The third-order valence-electron chi connectivity index (χ3n) is 3.80. The molecule has 144 valence electrons. The van der Waals surface area contributed by atoms with Crippen molar-refractivity contribution in [3.63, 3.8) is 0 Å². The van der Waals surface area contributed by atoms with Crippen molar-refractivity contribution in [1.29, 1.82) is 0 Å². The van der Waals surface area contributed by atoms with Gasteiger partial charge in [-0.05, 0) is 53.4 Å². The zero-order valence-electron chi connectivity index (χ0n) is 15.2. The first kappa shape index (κ1) is 21.1. The molecule has 6 nitrogen and oxygen atoms in total. The fourth-order valence-corrected chi connectivity index (χ4v) is 3.87. The van der Waals surface area contributed by atoms with Crippen molar-refractivity contribution >= 4 is 43.3 Å². The van der Waals surface area contributed by atoms with Gasteiger partial charge in [0.1, 0.15) is 6.54 Å². The molecule has 0 aliphatic rings. The number of hydrazone groups is 1. The largest absolute Gasteiger partial charge is 0.271 e. The van der Waals surface area contributed by atoms with Crippen LogP contribution in [0.5, 0.6) is 0 Å². The molecule has 27 heavy (non-hydrogen) atoms. The molecule has 0 saturated heterocycles. The summed E-state index contributed by atoms with van der Waals surface area (Å²) in [5, 5.41) is 4.07. The smallest absolute Gasteiger partial charge is 0.260 e. The number of hydrogen-bond donors (Lipinski definition) is 1. The van der Waals surface area contributed by atoms with Crippen molar-refractivity contribution in [1.82, 2.24) is 5.43 Å². The number of halogens is 1. The summed E-state index contributed by atoms with van der Waals surface area (Å²) in [6, 6.07) is 16.8. The van der Waals surface area contributed by atoms with Crippen LogP contribution in [0.3, 0.4) is 0 Å². The van der Waals surface area contributed by atoms with Crippen LogP contribution in [0.15, 0.2) is 64.2 Å². The van der Waals surface area contributed by atoms with Gasteiger partial charge in [-0.1, -0.05) is 42.5 Å². The molecule has 2 aromatic carbocycles. The Morgan fingerprint density at radius 3 is 2.37 bits per heavy atom. The minimum atomic E-state index is -3.63. The number of hydrogen-bond acceptors (Lipinski definition) is 4. The molecule has 0 aliphatic heterocycles. The number of carbonyl (C=O) groups is 1. The van der Waals surface area contributed by atoms with Gasteiger partial charge in [0.2, 0.25) is 10.0 Å². The standard InChI is InChI=1S/C19H22BrN3O3S/c1-15(12-13-16-8-4-3-5-9-16)21-22-19(24)14-23(27(2,25)26)18-11-7-6-10-17(18)20/h3-11H,12-14H2,1-2H3,(H,22,24)/b21-15+. The number of aryl methyl sites for hydroxylation is 1. The number of nitrogens with one attached hydrogen (secondary N) is 1. The Morgan fingerprint density at radius 2 is 1.74 bits per heavy atom. The van der Waals surface area contributed by atoms with E-state index in [4.69, 9.17) is 0 Å². The molecule has 1 amide bonds. The molecular weight excluding hydrogens is 430 g/mol. The quantitative estimate of drug-likeness (QED) is 0.493. The average Bonchev–Trinajstić information content (AvgIpc) is 2.63. The second kappa shape index (κ2) is 9.66. The van der Waals surface area contributed by atoms with Crippen LogP contribution in [0.25, 0.3) is 0 Å². The first-order valence-corrected chi connectivity index (χ1v) is 11.0. The Bertz CT molecular complexity index is 915. The molecule has 2 aromatic rings. The highest BCUT2D eigenvalue weighted by atomic mass is 79.9. The molecule has 1 N–H and O–H groups in total. The van der Waals surface area contributed by atoms with Gasteiger partial charge in [-0.2, -0.15) is 5.10 Å². The van der Waals surface area contributed by atoms with Crippen molar-refractivity contribution < 1.29 is 13.2 Å². The Labute approximate surface area is 168 Å². The minimum absolute atomic E-state index is 0.350. The van der Waals surface area contributed by atoms with Crippen molar-refractivity contribution in [2.45, 2.75) is 19.8 Å². The highest BCUT2D eigenvalue weighted by Crippen LogP contribution is 2.27. The van der Waals surface area contributed by atoms with Crippen LogP contribution in [0.4, 0.5) is 5.69 Å². The maximum atomic E-state index is 12.2. The Kier molecular flexibility index (Phi) is 7.55. The minimum Gasteiger partial charge on any atom is -0.271 e. The van der Waals surface area contributed by atoms with Crippen LogP contribution < -0.4 is 9.73 Å². The molecule has 0 saturated carbocycles. The summed E-state index contributed by atoms with van der Waals surface area (Å²) in [6.07, 6.45) is 2.58. The molecule has 0 radical (unpaired) electrons. The molecule has 0 heterocycles. The van der Waals surface area contributed by atoms with Crippen LogP contribution in [0.1, 0.15) is 18.9 Å². The van der Waals surface area contributed by atoms with Crippen LogP contribution in [-0.2, 0) is 21.2 Å². The molecule has 0 aromatic heterocycles. The number of rotatable bonds is 8. The third kappa shape index (κ3) is 6.80. The summed E-state index contributed by atoms with van der Waals surface area (Å²) < 4.78 is 25.8. The molecular formula is C19H22BrN3O3S. The van der Waals surface area contributed by atoms with E-state index >= 15 is 0 Å². The summed E-state index contributed by atoms with van der Waals surface area (Å²) in [4.78, 5) is 12.2.